The molecule has 0 unspecified atom stereocenters. The summed E-state index contributed by atoms with van der Waals surface area (Å²) in [4.78, 5) is 25.5. The molecule has 0 saturated carbocycles. The number of hydrogen-bond donors (Lipinski definition) is 2. The first-order chi connectivity index (χ1) is 8.18. The van der Waals surface area contributed by atoms with Crippen molar-refractivity contribution >= 4 is 5.91 Å². The fourth-order valence-corrected chi connectivity index (χ4v) is 1.79. The Kier molecular flexibility index (Phi) is 6.31. The summed E-state index contributed by atoms with van der Waals surface area (Å²) in [7, 11) is 0. The van der Waals surface area contributed by atoms with Gasteiger partial charge in [0.25, 0.3) is 5.09 Å². The first-order valence-electron chi connectivity index (χ1n) is 5.96. The molecule has 0 radical (unpaired) electrons. The molecule has 0 atom stereocenters. The molecule has 0 spiro atoms. The van der Waals surface area contributed by atoms with E-state index in [1.165, 1.54) is 0 Å². The van der Waals surface area contributed by atoms with Gasteiger partial charge in [-0.2, -0.15) is 0 Å². The zero-order valence-corrected chi connectivity index (χ0v) is 9.81. The zero-order chi connectivity index (χ0) is 12.5. The molecule has 0 bridgehead atoms. The van der Waals surface area contributed by atoms with Crippen LogP contribution in [0.4, 0.5) is 0 Å². The number of carbonyl (C=O) groups excluding carboxylic acids is 1. The summed E-state index contributed by atoms with van der Waals surface area (Å²) in [6.07, 6.45) is 3.49. The maximum atomic E-state index is 11.5. The van der Waals surface area contributed by atoms with E-state index >= 15 is 0 Å². The van der Waals surface area contributed by atoms with Crippen molar-refractivity contribution in [1.82, 2.24) is 10.6 Å². The van der Waals surface area contributed by atoms with E-state index in [9.17, 15) is 14.9 Å². The Bertz CT molecular complexity index is 254. The fourth-order valence-electron chi connectivity index (χ4n) is 1.79. The van der Waals surface area contributed by atoms with Crippen molar-refractivity contribution in [3.8, 4) is 0 Å². The lowest BCUT2D eigenvalue weighted by atomic mass is 10.1. The standard InChI is InChI=1S/C10H19N3O4/c14-10(3-1-2-8-17-13(15)16)12-9-4-6-11-7-5-9/h9,11H,1-8H2,(H,12,14). The average molecular weight is 245 g/mol. The maximum Gasteiger partial charge on any atom is 0.294 e. The molecule has 1 saturated heterocycles. The van der Waals surface area contributed by atoms with Gasteiger partial charge in [-0.1, -0.05) is 0 Å². The highest BCUT2D eigenvalue weighted by Gasteiger charge is 2.14. The SMILES string of the molecule is O=C(CCCCO[N+](=O)[O-])NC1CCNCC1. The van der Waals surface area contributed by atoms with Crippen LogP contribution >= 0.6 is 0 Å². The summed E-state index contributed by atoms with van der Waals surface area (Å²) in [5, 5.41) is 15.2. The molecule has 7 nitrogen and oxygen atoms in total. The van der Waals surface area contributed by atoms with E-state index in [0.717, 1.165) is 25.9 Å². The number of piperidine rings is 1. The van der Waals surface area contributed by atoms with Gasteiger partial charge in [-0.15, -0.1) is 10.1 Å². The minimum atomic E-state index is -0.810. The fraction of sp³-hybridized carbons (Fsp3) is 0.900. The predicted molar refractivity (Wildman–Crippen MR) is 60.8 cm³/mol. The van der Waals surface area contributed by atoms with Crippen LogP contribution in [0.25, 0.3) is 0 Å². The number of nitrogens with zero attached hydrogens (tertiary/aromatic N) is 1. The van der Waals surface area contributed by atoms with Crippen LogP contribution in [0.5, 0.6) is 0 Å². The summed E-state index contributed by atoms with van der Waals surface area (Å²) in [5.74, 6) is 0.0259. The predicted octanol–water partition coefficient (Wildman–Crippen LogP) is 0.233. The second kappa shape index (κ2) is 7.83. The summed E-state index contributed by atoms with van der Waals surface area (Å²) < 4.78 is 0. The smallest absolute Gasteiger partial charge is 0.294 e. The number of rotatable bonds is 7. The van der Waals surface area contributed by atoms with Crippen molar-refractivity contribution in [2.45, 2.75) is 38.1 Å². The molecule has 1 heterocycles. The normalized spacial score (nSPS) is 16.5. The molecule has 1 aliphatic rings. The van der Waals surface area contributed by atoms with Crippen molar-refractivity contribution in [3.63, 3.8) is 0 Å². The van der Waals surface area contributed by atoms with Gasteiger partial charge >= 0.3 is 0 Å². The number of nitrogens with one attached hydrogen (secondary N) is 2. The van der Waals surface area contributed by atoms with Crippen LogP contribution in [0.15, 0.2) is 0 Å². The zero-order valence-electron chi connectivity index (χ0n) is 9.81. The third-order valence-corrected chi connectivity index (χ3v) is 2.70. The Morgan fingerprint density at radius 3 is 2.76 bits per heavy atom. The molecular formula is C10H19N3O4. The van der Waals surface area contributed by atoms with E-state index in [1.807, 2.05) is 0 Å². The van der Waals surface area contributed by atoms with E-state index < -0.39 is 5.09 Å². The molecule has 7 heteroatoms. The molecule has 1 fully saturated rings. The largest absolute Gasteiger partial charge is 0.353 e. The first-order valence-corrected chi connectivity index (χ1v) is 5.96. The van der Waals surface area contributed by atoms with E-state index in [2.05, 4.69) is 15.5 Å². The molecule has 2 N–H and O–H groups in total. The third kappa shape index (κ3) is 6.72. The maximum absolute atomic E-state index is 11.5. The highest BCUT2D eigenvalue weighted by atomic mass is 16.9. The van der Waals surface area contributed by atoms with Gasteiger partial charge in [0.2, 0.25) is 5.91 Å². The van der Waals surface area contributed by atoms with Gasteiger partial charge < -0.3 is 15.5 Å². The highest BCUT2D eigenvalue weighted by Crippen LogP contribution is 2.03. The molecule has 0 aromatic carbocycles. The topological polar surface area (TPSA) is 93.5 Å². The molecule has 1 amide bonds. The molecule has 0 aromatic rings. The Morgan fingerprint density at radius 2 is 2.12 bits per heavy atom. The molecule has 1 rings (SSSR count). The lowest BCUT2D eigenvalue weighted by Crippen LogP contribution is -2.42. The van der Waals surface area contributed by atoms with Crippen LogP contribution in [0.1, 0.15) is 32.1 Å². The van der Waals surface area contributed by atoms with E-state index in [4.69, 9.17) is 0 Å². The Labute approximate surface area is 100.0 Å². The molecular weight excluding hydrogens is 226 g/mol. The van der Waals surface area contributed by atoms with Gasteiger partial charge in [-0.25, -0.2) is 0 Å². The highest BCUT2D eigenvalue weighted by molar-refractivity contribution is 5.76. The summed E-state index contributed by atoms with van der Waals surface area (Å²) in [5.41, 5.74) is 0. The molecule has 98 valence electrons. The van der Waals surface area contributed by atoms with Crippen LogP contribution in [-0.2, 0) is 9.63 Å². The molecule has 1 aliphatic heterocycles. The summed E-state index contributed by atoms with van der Waals surface area (Å²) in [6, 6.07) is 0.277. The number of amides is 1. The van der Waals surface area contributed by atoms with Crippen LogP contribution in [0.2, 0.25) is 0 Å². The minimum absolute atomic E-state index is 0.0259. The van der Waals surface area contributed by atoms with Crippen molar-refractivity contribution < 1.29 is 14.7 Å². The van der Waals surface area contributed by atoms with Crippen molar-refractivity contribution in [2.24, 2.45) is 0 Å². The summed E-state index contributed by atoms with van der Waals surface area (Å²) >= 11 is 0. The lowest BCUT2D eigenvalue weighted by molar-refractivity contribution is -0.757. The minimum Gasteiger partial charge on any atom is -0.353 e. The Morgan fingerprint density at radius 1 is 1.41 bits per heavy atom. The van der Waals surface area contributed by atoms with E-state index in [0.29, 0.717) is 19.3 Å². The van der Waals surface area contributed by atoms with E-state index in [1.54, 1.807) is 0 Å². The first kappa shape index (κ1) is 13.7. The van der Waals surface area contributed by atoms with Crippen molar-refractivity contribution in [3.05, 3.63) is 10.1 Å². The molecule has 0 aromatic heterocycles. The molecule has 17 heavy (non-hydrogen) atoms. The van der Waals surface area contributed by atoms with Crippen molar-refractivity contribution in [2.75, 3.05) is 19.7 Å². The quantitative estimate of drug-likeness (QED) is 0.380. The second-order valence-corrected chi connectivity index (χ2v) is 4.11. The number of unbranched alkanes of at least 4 members (excludes halogenated alkanes) is 1. The average Bonchev–Trinajstić information content (AvgIpc) is 2.29. The summed E-state index contributed by atoms with van der Waals surface area (Å²) in [6.45, 7) is 1.96. The lowest BCUT2D eigenvalue weighted by Gasteiger charge is -2.23. The van der Waals surface area contributed by atoms with Gasteiger partial charge in [0.05, 0.1) is 6.61 Å². The number of carbonyl (C=O) groups is 1. The van der Waals surface area contributed by atoms with Crippen LogP contribution in [0, 0.1) is 10.1 Å². The van der Waals surface area contributed by atoms with Crippen LogP contribution in [-0.4, -0.2) is 36.7 Å². The van der Waals surface area contributed by atoms with E-state index in [-0.39, 0.29) is 18.6 Å². The van der Waals surface area contributed by atoms with Crippen molar-refractivity contribution in [1.29, 1.82) is 0 Å². The van der Waals surface area contributed by atoms with Gasteiger partial charge in [-0.3, -0.25) is 4.79 Å². The third-order valence-electron chi connectivity index (χ3n) is 2.70. The van der Waals surface area contributed by atoms with Crippen LogP contribution in [0.3, 0.4) is 0 Å². The van der Waals surface area contributed by atoms with Gasteiger partial charge in [0.1, 0.15) is 0 Å². The van der Waals surface area contributed by atoms with Crippen LogP contribution < -0.4 is 10.6 Å². The van der Waals surface area contributed by atoms with Gasteiger partial charge in [0, 0.05) is 12.5 Å². The molecule has 0 aliphatic carbocycles. The number of hydrogen-bond acceptors (Lipinski definition) is 5. The van der Waals surface area contributed by atoms with Gasteiger partial charge in [-0.05, 0) is 38.8 Å². The van der Waals surface area contributed by atoms with Gasteiger partial charge in [0.15, 0.2) is 0 Å². The Balaban J connectivity index is 1.98. The monoisotopic (exact) mass is 245 g/mol. The second-order valence-electron chi connectivity index (χ2n) is 4.11. The Hall–Kier alpha value is -1.37.